The van der Waals surface area contributed by atoms with Crippen molar-refractivity contribution >= 4 is 11.6 Å². The van der Waals surface area contributed by atoms with E-state index < -0.39 is 0 Å². The molecule has 0 amide bonds. The van der Waals surface area contributed by atoms with Crippen molar-refractivity contribution in [1.82, 2.24) is 4.98 Å². The molecule has 1 heterocycles. The van der Waals surface area contributed by atoms with Crippen LogP contribution in [0.25, 0.3) is 11.6 Å². The standard InChI is InChI=1S/C13H17N/c1-5-7-13-12(8-6-9-14-13)11(4)10(2)3/h5-10H,4H2,1-3H3/b7-5-. The Bertz CT molecular complexity index is 348. The van der Waals surface area contributed by atoms with E-state index in [9.17, 15) is 0 Å². The molecule has 0 aromatic carbocycles. The summed E-state index contributed by atoms with van der Waals surface area (Å²) in [4.78, 5) is 4.32. The van der Waals surface area contributed by atoms with Crippen molar-refractivity contribution in [2.45, 2.75) is 20.8 Å². The minimum Gasteiger partial charge on any atom is -0.256 e. The molecule has 1 aromatic heterocycles. The van der Waals surface area contributed by atoms with Crippen LogP contribution >= 0.6 is 0 Å². The van der Waals surface area contributed by atoms with Crippen molar-refractivity contribution < 1.29 is 0 Å². The van der Waals surface area contributed by atoms with Crippen molar-refractivity contribution in [2.75, 3.05) is 0 Å². The highest BCUT2D eigenvalue weighted by Crippen LogP contribution is 2.23. The van der Waals surface area contributed by atoms with Gasteiger partial charge in [-0.15, -0.1) is 0 Å². The number of hydrogen-bond acceptors (Lipinski definition) is 1. The van der Waals surface area contributed by atoms with E-state index in [-0.39, 0.29) is 0 Å². The van der Waals surface area contributed by atoms with Crippen molar-refractivity contribution in [3.63, 3.8) is 0 Å². The normalized spacial score (nSPS) is 11.1. The lowest BCUT2D eigenvalue weighted by molar-refractivity contribution is 0.856. The molecule has 0 aliphatic rings. The first-order valence-electron chi connectivity index (χ1n) is 4.93. The van der Waals surface area contributed by atoms with Gasteiger partial charge >= 0.3 is 0 Å². The van der Waals surface area contributed by atoms with Crippen LogP contribution in [0.4, 0.5) is 0 Å². The van der Waals surface area contributed by atoms with Crippen LogP contribution in [-0.2, 0) is 0 Å². The Balaban J connectivity index is 3.13. The molecular formula is C13H17N. The predicted octanol–water partition coefficient (Wildman–Crippen LogP) is 3.78. The van der Waals surface area contributed by atoms with Gasteiger partial charge in [-0.3, -0.25) is 4.98 Å². The van der Waals surface area contributed by atoms with Crippen LogP contribution in [0.3, 0.4) is 0 Å². The molecule has 0 saturated carbocycles. The van der Waals surface area contributed by atoms with E-state index in [2.05, 4.69) is 31.5 Å². The molecular weight excluding hydrogens is 170 g/mol. The van der Waals surface area contributed by atoms with E-state index in [4.69, 9.17) is 0 Å². The van der Waals surface area contributed by atoms with E-state index in [1.807, 2.05) is 31.3 Å². The maximum Gasteiger partial charge on any atom is 0.0701 e. The van der Waals surface area contributed by atoms with Gasteiger partial charge < -0.3 is 0 Å². The lowest BCUT2D eigenvalue weighted by Crippen LogP contribution is -1.96. The van der Waals surface area contributed by atoms with Gasteiger partial charge in [-0.05, 0) is 30.6 Å². The summed E-state index contributed by atoms with van der Waals surface area (Å²) in [5.74, 6) is 0.461. The van der Waals surface area contributed by atoms with Gasteiger partial charge in [0.05, 0.1) is 5.69 Å². The van der Waals surface area contributed by atoms with Gasteiger partial charge in [-0.25, -0.2) is 0 Å². The number of allylic oxidation sites excluding steroid dienone is 2. The van der Waals surface area contributed by atoms with Crippen molar-refractivity contribution in [2.24, 2.45) is 5.92 Å². The van der Waals surface area contributed by atoms with Gasteiger partial charge in [0.15, 0.2) is 0 Å². The molecule has 0 aliphatic heterocycles. The van der Waals surface area contributed by atoms with Gasteiger partial charge in [0, 0.05) is 11.8 Å². The van der Waals surface area contributed by atoms with E-state index in [0.29, 0.717) is 5.92 Å². The number of hydrogen-bond donors (Lipinski definition) is 0. The Hall–Kier alpha value is -1.37. The Labute approximate surface area is 86.2 Å². The van der Waals surface area contributed by atoms with E-state index in [0.717, 1.165) is 16.8 Å². The number of aromatic nitrogens is 1. The highest BCUT2D eigenvalue weighted by Gasteiger charge is 2.07. The van der Waals surface area contributed by atoms with E-state index >= 15 is 0 Å². The Morgan fingerprint density at radius 3 is 2.79 bits per heavy atom. The summed E-state index contributed by atoms with van der Waals surface area (Å²) in [6.07, 6.45) is 5.83. The fourth-order valence-corrected chi connectivity index (χ4v) is 1.29. The molecule has 0 saturated heterocycles. The first-order chi connectivity index (χ1) is 6.66. The number of pyridine rings is 1. The molecule has 0 atom stereocenters. The molecule has 14 heavy (non-hydrogen) atoms. The van der Waals surface area contributed by atoms with Crippen LogP contribution in [0.1, 0.15) is 32.0 Å². The Kier molecular flexibility index (Phi) is 3.63. The van der Waals surface area contributed by atoms with Crippen LogP contribution < -0.4 is 0 Å². The SMILES string of the molecule is C=C(c1cccnc1/C=C\C)C(C)C. The second-order valence-electron chi connectivity index (χ2n) is 3.62. The number of nitrogens with zero attached hydrogens (tertiary/aromatic N) is 1. The molecule has 0 bridgehead atoms. The maximum atomic E-state index is 4.32. The quantitative estimate of drug-likeness (QED) is 0.701. The summed E-state index contributed by atoms with van der Waals surface area (Å²) < 4.78 is 0. The van der Waals surface area contributed by atoms with Crippen LogP contribution in [0.2, 0.25) is 0 Å². The lowest BCUT2D eigenvalue weighted by Gasteiger charge is -2.11. The average molecular weight is 187 g/mol. The molecule has 1 nitrogen and oxygen atoms in total. The zero-order valence-electron chi connectivity index (χ0n) is 9.12. The second kappa shape index (κ2) is 4.75. The highest BCUT2D eigenvalue weighted by molar-refractivity contribution is 5.71. The van der Waals surface area contributed by atoms with Gasteiger partial charge in [0.1, 0.15) is 0 Å². The molecule has 1 rings (SSSR count). The van der Waals surface area contributed by atoms with Gasteiger partial charge in [0.25, 0.3) is 0 Å². The first kappa shape index (κ1) is 10.7. The highest BCUT2D eigenvalue weighted by atomic mass is 14.7. The summed E-state index contributed by atoms with van der Waals surface area (Å²) in [6, 6.07) is 4.03. The molecule has 0 unspecified atom stereocenters. The predicted molar refractivity (Wildman–Crippen MR) is 62.8 cm³/mol. The Morgan fingerprint density at radius 1 is 1.50 bits per heavy atom. The topological polar surface area (TPSA) is 12.9 Å². The minimum absolute atomic E-state index is 0.461. The van der Waals surface area contributed by atoms with Crippen molar-refractivity contribution in [3.8, 4) is 0 Å². The van der Waals surface area contributed by atoms with Gasteiger partial charge in [-0.2, -0.15) is 0 Å². The molecule has 1 aromatic rings. The molecule has 74 valence electrons. The zero-order valence-corrected chi connectivity index (χ0v) is 9.12. The lowest BCUT2D eigenvalue weighted by atomic mass is 9.96. The Morgan fingerprint density at radius 2 is 2.21 bits per heavy atom. The molecule has 0 radical (unpaired) electrons. The summed E-state index contributed by atoms with van der Waals surface area (Å²) >= 11 is 0. The van der Waals surface area contributed by atoms with Crippen LogP contribution in [-0.4, -0.2) is 4.98 Å². The maximum absolute atomic E-state index is 4.32. The van der Waals surface area contributed by atoms with Crippen molar-refractivity contribution in [1.29, 1.82) is 0 Å². The monoisotopic (exact) mass is 187 g/mol. The number of rotatable bonds is 3. The molecule has 0 spiro atoms. The van der Waals surface area contributed by atoms with Crippen molar-refractivity contribution in [3.05, 3.63) is 42.2 Å². The second-order valence-corrected chi connectivity index (χ2v) is 3.62. The smallest absolute Gasteiger partial charge is 0.0701 e. The fraction of sp³-hybridized carbons (Fsp3) is 0.308. The molecule has 0 N–H and O–H groups in total. The summed E-state index contributed by atoms with van der Waals surface area (Å²) in [6.45, 7) is 10.4. The third-order valence-corrected chi connectivity index (χ3v) is 2.21. The largest absolute Gasteiger partial charge is 0.256 e. The summed E-state index contributed by atoms with van der Waals surface area (Å²) in [5, 5.41) is 0. The van der Waals surface area contributed by atoms with Crippen LogP contribution in [0.5, 0.6) is 0 Å². The minimum atomic E-state index is 0.461. The summed E-state index contributed by atoms with van der Waals surface area (Å²) in [5.41, 5.74) is 3.31. The van der Waals surface area contributed by atoms with E-state index in [1.165, 1.54) is 0 Å². The zero-order chi connectivity index (χ0) is 10.6. The summed E-state index contributed by atoms with van der Waals surface area (Å²) in [7, 11) is 0. The van der Waals surface area contributed by atoms with E-state index in [1.54, 1.807) is 0 Å². The van der Waals surface area contributed by atoms with Crippen LogP contribution in [0.15, 0.2) is 31.0 Å². The third-order valence-electron chi connectivity index (χ3n) is 2.21. The third kappa shape index (κ3) is 2.32. The van der Waals surface area contributed by atoms with Crippen LogP contribution in [0, 0.1) is 5.92 Å². The van der Waals surface area contributed by atoms with Gasteiger partial charge in [-0.1, -0.05) is 32.6 Å². The molecule has 0 aliphatic carbocycles. The van der Waals surface area contributed by atoms with Gasteiger partial charge in [0.2, 0.25) is 0 Å². The fourth-order valence-electron chi connectivity index (χ4n) is 1.29. The first-order valence-corrected chi connectivity index (χ1v) is 4.93. The molecule has 0 fully saturated rings. The molecule has 1 heteroatoms. The average Bonchev–Trinajstić information content (AvgIpc) is 2.18.